The second-order valence-corrected chi connectivity index (χ2v) is 8.33. The fraction of sp³-hybridized carbons (Fsp3) is 0.300. The minimum atomic E-state index is -4.05. The summed E-state index contributed by atoms with van der Waals surface area (Å²) >= 11 is 0. The number of aromatic amines is 1. The predicted molar refractivity (Wildman–Crippen MR) is 119 cm³/mol. The monoisotopic (exact) mass is 463 g/mol. The van der Waals surface area contributed by atoms with Crippen LogP contribution in [-0.4, -0.2) is 60.9 Å². The predicted octanol–water partition coefficient (Wildman–Crippen LogP) is 1.63. The third-order valence-electron chi connectivity index (χ3n) is 4.32. The molecule has 0 spiro atoms. The van der Waals surface area contributed by atoms with Crippen LogP contribution in [-0.2, 0) is 10.1 Å². The van der Waals surface area contributed by atoms with Crippen molar-refractivity contribution in [2.45, 2.75) is 17.7 Å². The summed E-state index contributed by atoms with van der Waals surface area (Å²) in [5.74, 6) is 0.274. The second-order valence-electron chi connectivity index (χ2n) is 6.79. The Morgan fingerprint density at radius 1 is 1.03 bits per heavy atom. The minimum Gasteiger partial charge on any atom is -0.396 e. The molecule has 172 valence electrons. The maximum absolute atomic E-state index is 12.6. The number of fused-ring (bicyclic) bond motifs is 1. The molecule has 0 saturated carbocycles. The van der Waals surface area contributed by atoms with Gasteiger partial charge < -0.3 is 30.0 Å². The number of urea groups is 1. The van der Waals surface area contributed by atoms with Crippen LogP contribution in [0.1, 0.15) is 12.8 Å². The number of imidazole rings is 1. The molecule has 2 amide bonds. The maximum atomic E-state index is 12.6. The van der Waals surface area contributed by atoms with Crippen LogP contribution in [0.25, 0.3) is 11.0 Å². The zero-order chi connectivity index (χ0) is 23.0. The molecule has 32 heavy (non-hydrogen) atoms. The smallest absolute Gasteiger partial charge is 0.339 e. The van der Waals surface area contributed by atoms with Gasteiger partial charge in [-0.2, -0.15) is 8.42 Å². The fourth-order valence-corrected chi connectivity index (χ4v) is 3.68. The van der Waals surface area contributed by atoms with Crippen LogP contribution < -0.4 is 20.1 Å². The van der Waals surface area contributed by atoms with Crippen LogP contribution in [0.3, 0.4) is 0 Å². The molecule has 0 saturated heterocycles. The highest BCUT2D eigenvalue weighted by Gasteiger charge is 2.17. The zero-order valence-corrected chi connectivity index (χ0v) is 18.0. The van der Waals surface area contributed by atoms with Crippen molar-refractivity contribution in [1.82, 2.24) is 15.3 Å². The van der Waals surface area contributed by atoms with Crippen molar-refractivity contribution in [2.75, 3.05) is 36.9 Å². The number of rotatable bonds is 11. The first-order valence-electron chi connectivity index (χ1n) is 9.96. The normalized spacial score (nSPS) is 11.3. The molecular formula is C20H25N5O6S. The number of anilines is 2. The van der Waals surface area contributed by atoms with E-state index in [1.165, 1.54) is 24.3 Å². The van der Waals surface area contributed by atoms with Gasteiger partial charge in [0, 0.05) is 38.1 Å². The Hall–Kier alpha value is -3.35. The van der Waals surface area contributed by atoms with E-state index in [0.29, 0.717) is 37.0 Å². The Balaban J connectivity index is 1.66. The lowest BCUT2D eigenvalue weighted by Crippen LogP contribution is -2.30. The first-order valence-corrected chi connectivity index (χ1v) is 11.4. The number of nitrogens with zero attached hydrogens (tertiary/aromatic N) is 1. The largest absolute Gasteiger partial charge is 0.396 e. The molecule has 6 N–H and O–H groups in total. The summed E-state index contributed by atoms with van der Waals surface area (Å²) in [6, 6.07) is 10.1. The Morgan fingerprint density at radius 2 is 1.75 bits per heavy atom. The van der Waals surface area contributed by atoms with Crippen LogP contribution in [0.4, 0.5) is 16.4 Å². The molecule has 12 heteroatoms. The minimum absolute atomic E-state index is 0.00294. The summed E-state index contributed by atoms with van der Waals surface area (Å²) < 4.78 is 30.4. The summed E-state index contributed by atoms with van der Waals surface area (Å²) in [4.78, 5) is 18.9. The standard InChI is InChI=1S/C20H25N5O6S/c26-11-1-9-21-14-3-6-16(7-4-14)32(29,30)31-15-5-8-17-18(13-15)24-19(23-17)25-20(28)22-10-2-12-27/h3-8,13,21,26-27H,1-2,9-12H2,(H3,22,23,24,25,28). The van der Waals surface area contributed by atoms with E-state index >= 15 is 0 Å². The van der Waals surface area contributed by atoms with E-state index in [4.69, 9.17) is 14.4 Å². The van der Waals surface area contributed by atoms with Gasteiger partial charge >= 0.3 is 16.1 Å². The highest BCUT2D eigenvalue weighted by molar-refractivity contribution is 7.87. The van der Waals surface area contributed by atoms with Gasteiger partial charge in [-0.3, -0.25) is 5.32 Å². The summed E-state index contributed by atoms with van der Waals surface area (Å²) in [6.45, 7) is 0.939. The van der Waals surface area contributed by atoms with E-state index in [1.807, 2.05) is 0 Å². The fourth-order valence-electron chi connectivity index (χ4n) is 2.76. The topological polar surface area (TPSA) is 166 Å². The van der Waals surface area contributed by atoms with E-state index in [0.717, 1.165) is 5.69 Å². The van der Waals surface area contributed by atoms with E-state index in [9.17, 15) is 13.2 Å². The van der Waals surface area contributed by atoms with Gasteiger partial charge in [0.1, 0.15) is 10.6 Å². The molecule has 0 aliphatic carbocycles. The van der Waals surface area contributed by atoms with Gasteiger partial charge in [-0.1, -0.05) is 0 Å². The number of aliphatic hydroxyl groups excluding tert-OH is 2. The molecule has 0 fully saturated rings. The lowest BCUT2D eigenvalue weighted by molar-refractivity contribution is 0.248. The summed E-state index contributed by atoms with van der Waals surface area (Å²) in [5.41, 5.74) is 1.72. The third-order valence-corrected chi connectivity index (χ3v) is 5.58. The molecule has 0 radical (unpaired) electrons. The van der Waals surface area contributed by atoms with Gasteiger partial charge in [0.15, 0.2) is 0 Å². The Bertz CT molecular complexity index is 1150. The molecule has 0 unspecified atom stereocenters. The average molecular weight is 464 g/mol. The quantitative estimate of drug-likeness (QED) is 0.184. The maximum Gasteiger partial charge on any atom is 0.339 e. The third kappa shape index (κ3) is 6.33. The van der Waals surface area contributed by atoms with Crippen molar-refractivity contribution < 1.29 is 27.6 Å². The first kappa shape index (κ1) is 23.3. The number of nitrogens with one attached hydrogen (secondary N) is 4. The molecule has 3 aromatic rings. The number of benzene rings is 2. The van der Waals surface area contributed by atoms with Crippen molar-refractivity contribution >= 4 is 38.8 Å². The number of hydrogen-bond donors (Lipinski definition) is 6. The molecule has 2 aromatic carbocycles. The highest BCUT2D eigenvalue weighted by atomic mass is 32.2. The van der Waals surface area contributed by atoms with E-state index < -0.39 is 16.1 Å². The lowest BCUT2D eigenvalue weighted by atomic mass is 10.3. The summed E-state index contributed by atoms with van der Waals surface area (Å²) in [7, 11) is -4.05. The number of H-pyrrole nitrogens is 1. The first-order chi connectivity index (χ1) is 15.4. The van der Waals surface area contributed by atoms with E-state index in [-0.39, 0.29) is 29.8 Å². The van der Waals surface area contributed by atoms with Crippen LogP contribution in [0.15, 0.2) is 47.4 Å². The van der Waals surface area contributed by atoms with Gasteiger partial charge in [0.05, 0.1) is 11.0 Å². The SMILES string of the molecule is O=C(NCCCO)Nc1nc2ccc(OS(=O)(=O)c3ccc(NCCCO)cc3)cc2[nH]1. The zero-order valence-electron chi connectivity index (χ0n) is 17.2. The molecule has 0 aliphatic heterocycles. The molecule has 0 atom stereocenters. The van der Waals surface area contributed by atoms with Crippen molar-refractivity contribution in [2.24, 2.45) is 0 Å². The van der Waals surface area contributed by atoms with E-state index in [2.05, 4.69) is 25.9 Å². The Morgan fingerprint density at radius 3 is 2.47 bits per heavy atom. The van der Waals surface area contributed by atoms with Crippen LogP contribution in [0, 0.1) is 0 Å². The molecular weight excluding hydrogens is 438 g/mol. The number of aromatic nitrogens is 2. The number of aliphatic hydroxyl groups is 2. The van der Waals surface area contributed by atoms with E-state index in [1.54, 1.807) is 18.2 Å². The lowest BCUT2D eigenvalue weighted by Gasteiger charge is -2.09. The summed E-state index contributed by atoms with van der Waals surface area (Å²) in [6.07, 6.45) is 1.02. The van der Waals surface area contributed by atoms with Gasteiger partial charge in [-0.15, -0.1) is 0 Å². The average Bonchev–Trinajstić information content (AvgIpc) is 3.15. The molecule has 1 aromatic heterocycles. The van der Waals surface area contributed by atoms with Gasteiger partial charge in [0.2, 0.25) is 5.95 Å². The summed E-state index contributed by atoms with van der Waals surface area (Å²) in [5, 5.41) is 25.7. The van der Waals surface area contributed by atoms with Crippen LogP contribution in [0.2, 0.25) is 0 Å². The van der Waals surface area contributed by atoms with Crippen molar-refractivity contribution in [1.29, 1.82) is 0 Å². The highest BCUT2D eigenvalue weighted by Crippen LogP contribution is 2.24. The number of carbonyl (C=O) groups is 1. The van der Waals surface area contributed by atoms with Crippen molar-refractivity contribution in [3.05, 3.63) is 42.5 Å². The van der Waals surface area contributed by atoms with Crippen molar-refractivity contribution in [3.63, 3.8) is 0 Å². The van der Waals surface area contributed by atoms with Gasteiger partial charge in [0.25, 0.3) is 0 Å². The van der Waals surface area contributed by atoms with Crippen LogP contribution >= 0.6 is 0 Å². The molecule has 11 nitrogen and oxygen atoms in total. The number of hydrogen-bond acceptors (Lipinski definition) is 8. The van der Waals surface area contributed by atoms with Crippen molar-refractivity contribution in [3.8, 4) is 5.75 Å². The second kappa shape index (κ2) is 10.8. The molecule has 0 bridgehead atoms. The molecule has 0 aliphatic rings. The Labute approximate surface area is 185 Å². The Kier molecular flexibility index (Phi) is 7.87. The van der Waals surface area contributed by atoms with Crippen LogP contribution in [0.5, 0.6) is 5.75 Å². The number of amides is 2. The molecule has 3 rings (SSSR count). The van der Waals surface area contributed by atoms with Gasteiger partial charge in [-0.25, -0.2) is 9.78 Å². The molecule has 1 heterocycles. The number of carbonyl (C=O) groups excluding carboxylic acids is 1. The van der Waals surface area contributed by atoms with Gasteiger partial charge in [-0.05, 0) is 49.2 Å².